The number of piperidine rings is 3. The van der Waals surface area contributed by atoms with Crippen LogP contribution in [0.15, 0.2) is 67.4 Å². The summed E-state index contributed by atoms with van der Waals surface area (Å²) < 4.78 is 40.3. The Kier molecular flexibility index (Phi) is 6.32. The minimum atomic E-state index is -4.65. The SMILES string of the molecule is C=C[C@H]1C[N@]2CC[C@H]1C[C@H]2[C@@H](NC(=O)c1cccc(C(F)(F)F)c1Cl)c1ccnc2ccccc12. The van der Waals surface area contributed by atoms with Crippen LogP contribution in [0.2, 0.25) is 5.02 Å². The minimum absolute atomic E-state index is 0.00993. The van der Waals surface area contributed by atoms with E-state index in [4.69, 9.17) is 11.6 Å². The van der Waals surface area contributed by atoms with Crippen LogP contribution in [0.5, 0.6) is 0 Å². The van der Waals surface area contributed by atoms with Gasteiger partial charge in [0.05, 0.1) is 27.7 Å². The summed E-state index contributed by atoms with van der Waals surface area (Å²) in [6.07, 6.45) is 0.975. The molecule has 0 radical (unpaired) electrons. The number of nitrogens with one attached hydrogen (secondary N) is 1. The van der Waals surface area contributed by atoms with Crippen molar-refractivity contribution in [2.24, 2.45) is 11.8 Å². The molecule has 2 aromatic carbocycles. The summed E-state index contributed by atoms with van der Waals surface area (Å²) in [6.45, 7) is 5.73. The second kappa shape index (κ2) is 9.28. The number of hydrogen-bond acceptors (Lipinski definition) is 3. The molecular weight excluding hydrogens is 475 g/mol. The van der Waals surface area contributed by atoms with Gasteiger partial charge in [0.15, 0.2) is 0 Å². The van der Waals surface area contributed by atoms with E-state index in [1.165, 1.54) is 12.1 Å². The van der Waals surface area contributed by atoms with Crippen LogP contribution in [0.1, 0.15) is 40.4 Å². The van der Waals surface area contributed by atoms with Crippen molar-refractivity contribution in [3.63, 3.8) is 0 Å². The molecule has 1 amide bonds. The van der Waals surface area contributed by atoms with Gasteiger partial charge in [-0.1, -0.05) is 41.9 Å². The fourth-order valence-corrected chi connectivity index (χ4v) is 5.96. The third-order valence-corrected chi connectivity index (χ3v) is 7.80. The predicted molar refractivity (Wildman–Crippen MR) is 130 cm³/mol. The van der Waals surface area contributed by atoms with Crippen LogP contribution in [-0.4, -0.2) is 34.9 Å². The maximum Gasteiger partial charge on any atom is 0.417 e. The van der Waals surface area contributed by atoms with E-state index in [2.05, 4.69) is 21.8 Å². The van der Waals surface area contributed by atoms with Crippen LogP contribution >= 0.6 is 11.6 Å². The molecule has 1 N–H and O–H groups in total. The summed E-state index contributed by atoms with van der Waals surface area (Å²) in [6, 6.07) is 12.5. The van der Waals surface area contributed by atoms with E-state index in [1.54, 1.807) is 6.20 Å². The number of aromatic nitrogens is 1. The molecule has 3 aromatic rings. The molecule has 0 aliphatic carbocycles. The average Bonchev–Trinajstić information content (AvgIpc) is 2.86. The monoisotopic (exact) mass is 499 g/mol. The first-order valence-corrected chi connectivity index (χ1v) is 12.0. The number of alkyl halides is 3. The Labute approximate surface area is 206 Å². The first-order chi connectivity index (χ1) is 16.8. The number of pyridine rings is 1. The lowest BCUT2D eigenvalue weighted by Gasteiger charge is -2.51. The Bertz CT molecular complexity index is 1270. The molecule has 1 aromatic heterocycles. The van der Waals surface area contributed by atoms with E-state index in [0.29, 0.717) is 11.8 Å². The molecule has 4 heterocycles. The second-order valence-electron chi connectivity index (χ2n) is 9.28. The van der Waals surface area contributed by atoms with Crippen molar-refractivity contribution in [1.29, 1.82) is 0 Å². The van der Waals surface area contributed by atoms with E-state index in [9.17, 15) is 18.0 Å². The molecular formula is C27H25ClF3N3O. The molecule has 182 valence electrons. The Balaban J connectivity index is 1.55. The highest BCUT2D eigenvalue weighted by Gasteiger charge is 2.43. The number of nitrogens with zero attached hydrogens (tertiary/aromatic N) is 2. The van der Waals surface area contributed by atoms with E-state index in [1.807, 2.05) is 36.4 Å². The van der Waals surface area contributed by atoms with Gasteiger partial charge in [-0.05, 0) is 61.1 Å². The zero-order chi connectivity index (χ0) is 24.7. The fraction of sp³-hybridized carbons (Fsp3) is 0.333. The number of carbonyl (C=O) groups is 1. The maximum absolute atomic E-state index is 13.4. The molecule has 6 rings (SSSR count). The summed E-state index contributed by atoms with van der Waals surface area (Å²) in [7, 11) is 0. The van der Waals surface area contributed by atoms with Crippen LogP contribution in [0, 0.1) is 11.8 Å². The molecule has 3 aliphatic rings. The quantitative estimate of drug-likeness (QED) is 0.420. The Morgan fingerprint density at radius 3 is 2.71 bits per heavy atom. The number of halogens is 4. The third kappa shape index (κ3) is 4.43. The topological polar surface area (TPSA) is 45.2 Å². The van der Waals surface area contributed by atoms with Gasteiger partial charge < -0.3 is 5.32 Å². The number of hydrogen-bond donors (Lipinski definition) is 1. The lowest BCUT2D eigenvalue weighted by molar-refractivity contribution is -0.137. The van der Waals surface area contributed by atoms with Crippen LogP contribution in [0.3, 0.4) is 0 Å². The van der Waals surface area contributed by atoms with Crippen molar-refractivity contribution < 1.29 is 18.0 Å². The standard InChI is InChI=1S/C27H25ClF3N3O/c1-2-16-15-34-13-11-17(16)14-23(34)25(19-10-12-32-22-9-4-3-6-18(19)22)33-26(35)20-7-5-8-21(24(20)28)27(29,30)31/h2-10,12,16-17,23,25H,1,11,13-15H2,(H,33,35)/t16-,17-,23-,25-/m0/s1. The van der Waals surface area contributed by atoms with Crippen molar-refractivity contribution in [3.05, 3.63) is 89.1 Å². The number of rotatable bonds is 5. The van der Waals surface area contributed by atoms with E-state index < -0.39 is 28.7 Å². The van der Waals surface area contributed by atoms with Crippen molar-refractivity contribution in [2.45, 2.75) is 31.1 Å². The highest BCUT2D eigenvalue weighted by Crippen LogP contribution is 2.42. The van der Waals surface area contributed by atoms with Gasteiger partial charge in [-0.2, -0.15) is 13.2 Å². The number of amides is 1. The van der Waals surface area contributed by atoms with Gasteiger partial charge in [-0.3, -0.25) is 14.7 Å². The second-order valence-corrected chi connectivity index (χ2v) is 9.66. The average molecular weight is 500 g/mol. The molecule has 8 heteroatoms. The number of benzene rings is 2. The highest BCUT2D eigenvalue weighted by atomic mass is 35.5. The lowest BCUT2D eigenvalue weighted by atomic mass is 9.73. The zero-order valence-electron chi connectivity index (χ0n) is 18.9. The number of fused-ring (bicyclic) bond motifs is 4. The van der Waals surface area contributed by atoms with Crippen molar-refractivity contribution in [3.8, 4) is 0 Å². The van der Waals surface area contributed by atoms with Gasteiger partial charge in [-0.15, -0.1) is 6.58 Å². The molecule has 35 heavy (non-hydrogen) atoms. The molecule has 3 aliphatic heterocycles. The van der Waals surface area contributed by atoms with Gasteiger partial charge in [0.2, 0.25) is 0 Å². The maximum atomic E-state index is 13.4. The van der Waals surface area contributed by atoms with Crippen LogP contribution in [0.4, 0.5) is 13.2 Å². The summed E-state index contributed by atoms with van der Waals surface area (Å²) in [5.41, 5.74) is 0.470. The van der Waals surface area contributed by atoms with Crippen molar-refractivity contribution in [2.75, 3.05) is 13.1 Å². The van der Waals surface area contributed by atoms with E-state index in [0.717, 1.165) is 48.5 Å². The molecule has 5 atom stereocenters. The largest absolute Gasteiger partial charge is 0.417 e. The zero-order valence-corrected chi connectivity index (χ0v) is 19.7. The van der Waals surface area contributed by atoms with Gasteiger partial charge in [0.1, 0.15) is 0 Å². The first kappa shape index (κ1) is 23.8. The third-order valence-electron chi connectivity index (χ3n) is 7.39. The summed E-state index contributed by atoms with van der Waals surface area (Å²) in [5, 5.41) is 3.37. The highest BCUT2D eigenvalue weighted by molar-refractivity contribution is 6.34. The first-order valence-electron chi connectivity index (χ1n) is 11.6. The molecule has 3 fully saturated rings. The molecule has 0 unspecified atom stereocenters. The minimum Gasteiger partial charge on any atom is -0.344 e. The van der Waals surface area contributed by atoms with E-state index >= 15 is 0 Å². The predicted octanol–water partition coefficient (Wildman–Crippen LogP) is 6.27. The van der Waals surface area contributed by atoms with Gasteiger partial charge in [0.25, 0.3) is 5.91 Å². The molecule has 3 saturated heterocycles. The van der Waals surface area contributed by atoms with Crippen molar-refractivity contribution in [1.82, 2.24) is 15.2 Å². The molecule has 4 nitrogen and oxygen atoms in total. The number of para-hydroxylation sites is 1. The Morgan fingerprint density at radius 2 is 2.00 bits per heavy atom. The molecule has 2 bridgehead atoms. The van der Waals surface area contributed by atoms with Gasteiger partial charge in [0, 0.05) is 24.2 Å². The van der Waals surface area contributed by atoms with Crippen LogP contribution in [0.25, 0.3) is 10.9 Å². The van der Waals surface area contributed by atoms with Crippen molar-refractivity contribution >= 4 is 28.4 Å². The van der Waals surface area contributed by atoms with Crippen LogP contribution < -0.4 is 5.32 Å². The molecule has 0 saturated carbocycles. The fourth-order valence-electron chi connectivity index (χ4n) is 5.64. The molecule has 0 spiro atoms. The summed E-state index contributed by atoms with van der Waals surface area (Å²) in [4.78, 5) is 20.2. The Morgan fingerprint density at radius 1 is 1.20 bits per heavy atom. The lowest BCUT2D eigenvalue weighted by Crippen LogP contribution is -2.57. The number of carbonyl (C=O) groups excluding carboxylic acids is 1. The van der Waals surface area contributed by atoms with E-state index in [-0.39, 0.29) is 11.6 Å². The Hall–Kier alpha value is -2.90. The summed E-state index contributed by atoms with van der Waals surface area (Å²) >= 11 is 6.09. The summed E-state index contributed by atoms with van der Waals surface area (Å²) in [5.74, 6) is 0.213. The smallest absolute Gasteiger partial charge is 0.344 e. The van der Waals surface area contributed by atoms with Crippen LogP contribution in [-0.2, 0) is 6.18 Å². The van der Waals surface area contributed by atoms with Gasteiger partial charge in [-0.25, -0.2) is 0 Å². The normalized spacial score (nSPS) is 24.8. The van der Waals surface area contributed by atoms with Gasteiger partial charge >= 0.3 is 6.18 Å².